The number of rotatable bonds is 5. The van der Waals surface area contributed by atoms with Crippen molar-refractivity contribution in [1.82, 2.24) is 0 Å². The molecule has 0 aliphatic heterocycles. The van der Waals surface area contributed by atoms with Crippen LogP contribution in [-0.2, 0) is 4.57 Å². The molecule has 0 spiro atoms. The van der Waals surface area contributed by atoms with Crippen LogP contribution in [0.15, 0.2) is 205 Å². The lowest BCUT2D eigenvalue weighted by molar-refractivity contribution is 0.592. The molecule has 258 valence electrons. The van der Waals surface area contributed by atoms with E-state index in [1.165, 1.54) is 21.5 Å². The third-order valence-electron chi connectivity index (χ3n) is 11.3. The van der Waals surface area contributed by atoms with Gasteiger partial charge in [0, 0.05) is 37.8 Å². The maximum atomic E-state index is 15.2. The molecule has 0 aliphatic rings. The summed E-state index contributed by atoms with van der Waals surface area (Å²) in [5, 5.41) is 14.1. The molecule has 0 atom stereocenters. The number of hydrogen-bond acceptors (Lipinski definition) is 2. The van der Waals surface area contributed by atoms with Crippen molar-refractivity contribution in [2.75, 3.05) is 0 Å². The topological polar surface area (TPSA) is 30.2 Å². The van der Waals surface area contributed by atoms with Crippen LogP contribution in [0.4, 0.5) is 0 Å². The average molecular weight is 721 g/mol. The molecule has 1 heterocycles. The first kappa shape index (κ1) is 31.8. The van der Waals surface area contributed by atoms with Crippen molar-refractivity contribution in [3.8, 4) is 22.3 Å². The summed E-state index contributed by atoms with van der Waals surface area (Å²) in [6.45, 7) is 0. The van der Waals surface area contributed by atoms with Crippen LogP contribution in [0.2, 0.25) is 0 Å². The molecule has 0 fully saturated rings. The van der Waals surface area contributed by atoms with Crippen molar-refractivity contribution in [1.29, 1.82) is 0 Å². The molecule has 0 bridgehead atoms. The van der Waals surface area contributed by atoms with E-state index in [1.807, 2.05) is 60.7 Å². The highest BCUT2D eigenvalue weighted by Crippen LogP contribution is 2.49. The fourth-order valence-corrected chi connectivity index (χ4v) is 11.5. The molecule has 55 heavy (non-hydrogen) atoms. The van der Waals surface area contributed by atoms with Gasteiger partial charge in [-0.15, -0.1) is 0 Å². The number of benzene rings is 10. The highest BCUT2D eigenvalue weighted by molar-refractivity contribution is 7.85. The van der Waals surface area contributed by atoms with Gasteiger partial charge in [-0.1, -0.05) is 188 Å². The maximum Gasteiger partial charge on any atom is 0.171 e. The van der Waals surface area contributed by atoms with Gasteiger partial charge in [-0.25, -0.2) is 0 Å². The van der Waals surface area contributed by atoms with Gasteiger partial charge in [-0.2, -0.15) is 0 Å². The minimum atomic E-state index is -3.11. The highest BCUT2D eigenvalue weighted by atomic mass is 31.2. The van der Waals surface area contributed by atoms with Gasteiger partial charge in [-0.05, 0) is 66.3 Å². The molecule has 0 radical (unpaired) electrons. The zero-order valence-corrected chi connectivity index (χ0v) is 30.7. The lowest BCUT2D eigenvalue weighted by Gasteiger charge is -2.21. The fourth-order valence-electron chi connectivity index (χ4n) is 8.86. The first-order valence-corrected chi connectivity index (χ1v) is 20.4. The van der Waals surface area contributed by atoms with Crippen molar-refractivity contribution in [2.24, 2.45) is 0 Å². The Morgan fingerprint density at radius 1 is 0.364 bits per heavy atom. The van der Waals surface area contributed by atoms with Crippen LogP contribution in [0.1, 0.15) is 0 Å². The normalized spacial score (nSPS) is 12.1. The highest BCUT2D eigenvalue weighted by Gasteiger charge is 2.30. The molecule has 1 aromatic heterocycles. The van der Waals surface area contributed by atoms with Crippen molar-refractivity contribution in [3.05, 3.63) is 200 Å². The Morgan fingerprint density at radius 3 is 1.40 bits per heavy atom. The second kappa shape index (κ2) is 12.4. The van der Waals surface area contributed by atoms with E-state index in [2.05, 4.69) is 140 Å². The van der Waals surface area contributed by atoms with Gasteiger partial charge >= 0.3 is 0 Å². The molecule has 10 aromatic carbocycles. The van der Waals surface area contributed by atoms with Crippen LogP contribution in [0.5, 0.6) is 0 Å². The standard InChI is InChI=1S/C52H33O2P/c53-55(37-17-3-1-4-18-37,38-19-5-2-6-20-38)39-30-27-35(28-31-39)48-42-23-11-13-25-44(42)49(45-26-14-12-24-43(45)48)46-33-36-16-8-10-22-41(36)51-50-40-21-9-7-15-34(40)29-32-47(50)54-52(46)51/h1-33H. The summed E-state index contributed by atoms with van der Waals surface area (Å²) in [6.07, 6.45) is 0. The van der Waals surface area contributed by atoms with Gasteiger partial charge < -0.3 is 8.98 Å². The van der Waals surface area contributed by atoms with Crippen molar-refractivity contribution < 1.29 is 8.98 Å². The Morgan fingerprint density at radius 2 is 0.818 bits per heavy atom. The molecule has 11 rings (SSSR count). The quantitative estimate of drug-likeness (QED) is 0.131. The van der Waals surface area contributed by atoms with Gasteiger partial charge in [0.2, 0.25) is 0 Å². The summed E-state index contributed by atoms with van der Waals surface area (Å²) < 4.78 is 22.2. The van der Waals surface area contributed by atoms with Crippen molar-refractivity contribution in [3.63, 3.8) is 0 Å². The van der Waals surface area contributed by atoms with Gasteiger partial charge in [0.15, 0.2) is 7.14 Å². The Bertz CT molecular complexity index is 3230. The van der Waals surface area contributed by atoms with Crippen LogP contribution in [0.25, 0.3) is 87.3 Å². The van der Waals surface area contributed by atoms with Crippen LogP contribution >= 0.6 is 7.14 Å². The minimum absolute atomic E-state index is 0.815. The molecule has 0 saturated heterocycles. The maximum absolute atomic E-state index is 15.2. The molecular weight excluding hydrogens is 688 g/mol. The van der Waals surface area contributed by atoms with E-state index >= 15 is 4.57 Å². The Kier molecular flexibility index (Phi) is 7.17. The SMILES string of the molecule is O=P(c1ccccc1)(c1ccccc1)c1ccc(-c2c3ccccc3c(-c3cc4ccccc4c4c3oc3ccc5ccccc5c34)c3ccccc23)cc1. The van der Waals surface area contributed by atoms with E-state index in [0.717, 1.165) is 81.7 Å². The van der Waals surface area contributed by atoms with Crippen molar-refractivity contribution >= 4 is 88.1 Å². The minimum Gasteiger partial charge on any atom is -0.455 e. The van der Waals surface area contributed by atoms with E-state index < -0.39 is 7.14 Å². The van der Waals surface area contributed by atoms with Crippen LogP contribution in [0.3, 0.4) is 0 Å². The molecule has 0 unspecified atom stereocenters. The largest absolute Gasteiger partial charge is 0.455 e. The van der Waals surface area contributed by atoms with Gasteiger partial charge in [0.1, 0.15) is 11.2 Å². The number of furan rings is 1. The van der Waals surface area contributed by atoms with E-state index in [-0.39, 0.29) is 0 Å². The molecule has 0 N–H and O–H groups in total. The van der Waals surface area contributed by atoms with Crippen LogP contribution in [-0.4, -0.2) is 0 Å². The molecule has 0 aliphatic carbocycles. The van der Waals surface area contributed by atoms with Gasteiger partial charge in [-0.3, -0.25) is 0 Å². The molecular formula is C52H33O2P. The fraction of sp³-hybridized carbons (Fsp3) is 0. The summed E-state index contributed by atoms with van der Waals surface area (Å²) in [5.41, 5.74) is 6.26. The van der Waals surface area contributed by atoms with Gasteiger partial charge in [0.25, 0.3) is 0 Å². The number of fused-ring (bicyclic) bond motifs is 9. The Hall–Kier alpha value is -6.73. The molecule has 3 heteroatoms. The summed E-state index contributed by atoms with van der Waals surface area (Å²) in [4.78, 5) is 0. The Balaban J connectivity index is 1.18. The Labute approximate surface area is 318 Å². The predicted octanol–water partition coefficient (Wildman–Crippen LogP) is 13.2. The second-order valence-corrected chi connectivity index (χ2v) is 17.0. The summed E-state index contributed by atoms with van der Waals surface area (Å²) in [6, 6.07) is 69.5. The first-order chi connectivity index (χ1) is 27.2. The summed E-state index contributed by atoms with van der Waals surface area (Å²) in [7, 11) is -3.11. The third-order valence-corrected chi connectivity index (χ3v) is 14.4. The third kappa shape index (κ3) is 4.79. The smallest absolute Gasteiger partial charge is 0.171 e. The van der Waals surface area contributed by atoms with Crippen LogP contribution < -0.4 is 15.9 Å². The first-order valence-electron chi connectivity index (χ1n) is 18.7. The number of hydrogen-bond donors (Lipinski definition) is 0. The molecule has 11 aromatic rings. The monoisotopic (exact) mass is 720 g/mol. The zero-order chi connectivity index (χ0) is 36.5. The van der Waals surface area contributed by atoms with E-state index in [9.17, 15) is 0 Å². The summed E-state index contributed by atoms with van der Waals surface area (Å²) >= 11 is 0. The van der Waals surface area contributed by atoms with Crippen LogP contribution in [0, 0.1) is 0 Å². The zero-order valence-electron chi connectivity index (χ0n) is 29.8. The van der Waals surface area contributed by atoms with E-state index in [0.29, 0.717) is 0 Å². The molecule has 0 amide bonds. The lowest BCUT2D eigenvalue weighted by Crippen LogP contribution is -2.24. The van der Waals surface area contributed by atoms with E-state index in [4.69, 9.17) is 4.42 Å². The predicted molar refractivity (Wildman–Crippen MR) is 234 cm³/mol. The van der Waals surface area contributed by atoms with E-state index in [1.54, 1.807) is 0 Å². The van der Waals surface area contributed by atoms with Crippen molar-refractivity contribution in [2.45, 2.75) is 0 Å². The molecule has 0 saturated carbocycles. The summed E-state index contributed by atoms with van der Waals surface area (Å²) in [5.74, 6) is 0. The molecule has 2 nitrogen and oxygen atoms in total. The average Bonchev–Trinajstić information content (AvgIpc) is 3.67. The van der Waals surface area contributed by atoms with Gasteiger partial charge in [0.05, 0.1) is 0 Å². The lowest BCUT2D eigenvalue weighted by atomic mass is 9.85. The second-order valence-electron chi connectivity index (χ2n) is 14.3.